The second-order valence-corrected chi connectivity index (χ2v) is 7.13. The van der Waals surface area contributed by atoms with E-state index >= 15 is 0 Å². The van der Waals surface area contributed by atoms with E-state index < -0.39 is 0 Å². The Kier molecular flexibility index (Phi) is 5.23. The Bertz CT molecular complexity index is 1010. The van der Waals surface area contributed by atoms with Gasteiger partial charge in [0, 0.05) is 25.0 Å². The molecule has 8 nitrogen and oxygen atoms in total. The molecular weight excluding hydrogens is 366 g/mol. The summed E-state index contributed by atoms with van der Waals surface area (Å²) >= 11 is 1.38. The Morgan fingerprint density at radius 2 is 2.07 bits per heavy atom. The van der Waals surface area contributed by atoms with Crippen molar-refractivity contribution >= 4 is 33.3 Å². The maximum Gasteiger partial charge on any atom is 0.261 e. The number of carbonyl (C=O) groups excluding carboxylic acids is 1. The lowest BCUT2D eigenvalue weighted by atomic mass is 10.2. The van der Waals surface area contributed by atoms with Gasteiger partial charge in [0.2, 0.25) is 5.91 Å². The first kappa shape index (κ1) is 17.8. The second-order valence-electron chi connectivity index (χ2n) is 6.28. The van der Waals surface area contributed by atoms with Crippen LogP contribution in [-0.2, 0) is 22.6 Å². The molecule has 140 valence electrons. The van der Waals surface area contributed by atoms with E-state index in [0.29, 0.717) is 16.0 Å². The summed E-state index contributed by atoms with van der Waals surface area (Å²) < 4.78 is 6.64. The molecule has 0 saturated carbocycles. The van der Waals surface area contributed by atoms with Crippen LogP contribution in [0.1, 0.15) is 5.69 Å². The van der Waals surface area contributed by atoms with E-state index in [2.05, 4.69) is 20.2 Å². The van der Waals surface area contributed by atoms with Crippen molar-refractivity contribution in [3.05, 3.63) is 52.0 Å². The Labute approximate surface area is 159 Å². The van der Waals surface area contributed by atoms with Gasteiger partial charge in [0.05, 0.1) is 36.1 Å². The van der Waals surface area contributed by atoms with E-state index in [0.717, 1.165) is 38.5 Å². The fourth-order valence-electron chi connectivity index (χ4n) is 2.96. The molecule has 2 aromatic heterocycles. The molecule has 27 heavy (non-hydrogen) atoms. The molecule has 1 aromatic carbocycles. The molecule has 3 aromatic rings. The van der Waals surface area contributed by atoms with Crippen molar-refractivity contribution in [3.63, 3.8) is 0 Å². The third-order valence-corrected chi connectivity index (χ3v) is 5.14. The normalized spacial score (nSPS) is 15.1. The minimum absolute atomic E-state index is 0.102. The third-order valence-electron chi connectivity index (χ3n) is 4.33. The standard InChI is InChI=1S/C18H19N5O3S/c24-16(10-23-12-19-15-4-2-1-3-14(15)17(23)25)21-18-20-13(11-27-18)9-22-5-7-26-8-6-22/h1-4,11-12H,5-10H2,(H,20,21,24). The highest BCUT2D eigenvalue weighted by Crippen LogP contribution is 2.17. The topological polar surface area (TPSA) is 89.3 Å². The Hall–Kier alpha value is -2.62. The number of nitrogens with one attached hydrogen (secondary N) is 1. The van der Waals surface area contributed by atoms with Gasteiger partial charge in [-0.1, -0.05) is 12.1 Å². The highest BCUT2D eigenvalue weighted by atomic mass is 32.1. The SMILES string of the molecule is O=C(Cn1cnc2ccccc2c1=O)Nc1nc(CN2CCOCC2)cs1. The number of benzene rings is 1. The van der Waals surface area contributed by atoms with Gasteiger partial charge in [-0.25, -0.2) is 9.97 Å². The van der Waals surface area contributed by atoms with E-state index in [1.165, 1.54) is 22.2 Å². The zero-order chi connectivity index (χ0) is 18.6. The fraction of sp³-hybridized carbons (Fsp3) is 0.333. The van der Waals surface area contributed by atoms with E-state index in [-0.39, 0.29) is 18.0 Å². The number of fused-ring (bicyclic) bond motifs is 1. The molecule has 3 heterocycles. The number of rotatable bonds is 5. The van der Waals surface area contributed by atoms with Gasteiger partial charge in [-0.2, -0.15) is 0 Å². The summed E-state index contributed by atoms with van der Waals surface area (Å²) in [7, 11) is 0. The van der Waals surface area contributed by atoms with Crippen molar-refractivity contribution in [1.29, 1.82) is 0 Å². The summed E-state index contributed by atoms with van der Waals surface area (Å²) in [5.41, 5.74) is 1.30. The number of nitrogens with zero attached hydrogens (tertiary/aromatic N) is 4. The van der Waals surface area contributed by atoms with Crippen molar-refractivity contribution in [3.8, 4) is 0 Å². The van der Waals surface area contributed by atoms with Crippen molar-refractivity contribution < 1.29 is 9.53 Å². The molecule has 0 radical (unpaired) electrons. The predicted octanol–water partition coefficient (Wildman–Crippen LogP) is 1.32. The highest BCUT2D eigenvalue weighted by Gasteiger charge is 2.14. The average Bonchev–Trinajstić information content (AvgIpc) is 3.11. The second kappa shape index (κ2) is 7.95. The molecule has 0 bridgehead atoms. The van der Waals surface area contributed by atoms with Crippen LogP contribution in [0.5, 0.6) is 0 Å². The lowest BCUT2D eigenvalue weighted by molar-refractivity contribution is -0.116. The quantitative estimate of drug-likeness (QED) is 0.713. The lowest BCUT2D eigenvalue weighted by Crippen LogP contribution is -2.35. The van der Waals surface area contributed by atoms with E-state index in [1.807, 2.05) is 11.4 Å². The van der Waals surface area contributed by atoms with Gasteiger partial charge in [0.1, 0.15) is 6.54 Å². The van der Waals surface area contributed by atoms with E-state index in [4.69, 9.17) is 4.74 Å². The van der Waals surface area contributed by atoms with Crippen molar-refractivity contribution in [2.24, 2.45) is 0 Å². The van der Waals surface area contributed by atoms with Gasteiger partial charge in [-0.15, -0.1) is 11.3 Å². The summed E-state index contributed by atoms with van der Waals surface area (Å²) in [6.45, 7) is 3.89. The van der Waals surface area contributed by atoms with Gasteiger partial charge in [-0.05, 0) is 12.1 Å². The van der Waals surface area contributed by atoms with Crippen LogP contribution in [-0.4, -0.2) is 51.6 Å². The van der Waals surface area contributed by atoms with Crippen LogP contribution >= 0.6 is 11.3 Å². The molecule has 1 amide bonds. The first-order valence-electron chi connectivity index (χ1n) is 8.67. The van der Waals surface area contributed by atoms with Crippen molar-refractivity contribution in [1.82, 2.24) is 19.4 Å². The number of hydrogen-bond acceptors (Lipinski definition) is 7. The number of ether oxygens (including phenoxy) is 1. The number of morpholine rings is 1. The van der Waals surface area contributed by atoms with Gasteiger partial charge in [0.25, 0.3) is 5.56 Å². The largest absolute Gasteiger partial charge is 0.379 e. The molecule has 4 rings (SSSR count). The molecule has 1 saturated heterocycles. The average molecular weight is 385 g/mol. The summed E-state index contributed by atoms with van der Waals surface area (Å²) in [5, 5.41) is 5.73. The number of hydrogen-bond donors (Lipinski definition) is 1. The molecule has 1 aliphatic rings. The van der Waals surface area contributed by atoms with Crippen LogP contribution in [0.15, 0.2) is 40.8 Å². The van der Waals surface area contributed by atoms with Crippen LogP contribution in [0.3, 0.4) is 0 Å². The van der Waals surface area contributed by atoms with Gasteiger partial charge in [-0.3, -0.25) is 19.1 Å². The zero-order valence-electron chi connectivity index (χ0n) is 14.6. The van der Waals surface area contributed by atoms with Crippen LogP contribution < -0.4 is 10.9 Å². The van der Waals surface area contributed by atoms with Crippen LogP contribution in [0.4, 0.5) is 5.13 Å². The number of anilines is 1. The lowest BCUT2D eigenvalue weighted by Gasteiger charge is -2.25. The molecule has 1 aliphatic heterocycles. The molecule has 9 heteroatoms. The van der Waals surface area contributed by atoms with Crippen LogP contribution in [0.25, 0.3) is 10.9 Å². The van der Waals surface area contributed by atoms with E-state index in [1.54, 1.807) is 18.2 Å². The first-order chi connectivity index (χ1) is 13.2. The minimum Gasteiger partial charge on any atom is -0.379 e. The summed E-state index contributed by atoms with van der Waals surface area (Å²) in [4.78, 5) is 35.7. The number of carbonyl (C=O) groups is 1. The van der Waals surface area contributed by atoms with Crippen LogP contribution in [0.2, 0.25) is 0 Å². The summed E-state index contributed by atoms with van der Waals surface area (Å²) in [5.74, 6) is -0.304. The maximum atomic E-state index is 12.5. The third kappa shape index (κ3) is 4.21. The van der Waals surface area contributed by atoms with E-state index in [9.17, 15) is 9.59 Å². The smallest absolute Gasteiger partial charge is 0.261 e. The number of amides is 1. The van der Waals surface area contributed by atoms with Crippen LogP contribution in [0, 0.1) is 0 Å². The Morgan fingerprint density at radius 3 is 2.93 bits per heavy atom. The molecule has 1 N–H and O–H groups in total. The number of para-hydroxylation sites is 1. The molecular formula is C18H19N5O3S. The van der Waals surface area contributed by atoms with Gasteiger partial charge < -0.3 is 10.1 Å². The molecule has 0 aliphatic carbocycles. The fourth-order valence-corrected chi connectivity index (χ4v) is 3.68. The van der Waals surface area contributed by atoms with Crippen molar-refractivity contribution in [2.45, 2.75) is 13.1 Å². The number of aromatic nitrogens is 3. The van der Waals surface area contributed by atoms with Gasteiger partial charge >= 0.3 is 0 Å². The Morgan fingerprint density at radius 1 is 1.26 bits per heavy atom. The predicted molar refractivity (Wildman–Crippen MR) is 103 cm³/mol. The maximum absolute atomic E-state index is 12.5. The molecule has 0 spiro atoms. The first-order valence-corrected chi connectivity index (χ1v) is 9.55. The monoisotopic (exact) mass is 385 g/mol. The summed E-state index contributed by atoms with van der Waals surface area (Å²) in [6, 6.07) is 7.08. The zero-order valence-corrected chi connectivity index (χ0v) is 15.4. The Balaban J connectivity index is 1.40. The molecule has 0 unspecified atom stereocenters. The molecule has 1 fully saturated rings. The number of thiazole rings is 1. The molecule has 0 atom stereocenters. The summed E-state index contributed by atoms with van der Waals surface area (Å²) in [6.07, 6.45) is 1.40. The van der Waals surface area contributed by atoms with Crippen molar-refractivity contribution in [2.75, 3.05) is 31.6 Å². The minimum atomic E-state index is -0.304. The van der Waals surface area contributed by atoms with Gasteiger partial charge in [0.15, 0.2) is 5.13 Å². The highest BCUT2D eigenvalue weighted by molar-refractivity contribution is 7.13.